The monoisotopic (exact) mass is 480 g/mol. The Morgan fingerprint density at radius 1 is 1.03 bits per heavy atom. The number of hydrogen-bond acceptors (Lipinski definition) is 7. The van der Waals surface area contributed by atoms with E-state index in [4.69, 9.17) is 4.74 Å². The Kier molecular flexibility index (Phi) is 8.56. The van der Waals surface area contributed by atoms with Gasteiger partial charge in [-0.1, -0.05) is 49.0 Å². The number of piperazine rings is 1. The summed E-state index contributed by atoms with van der Waals surface area (Å²) in [7, 11) is 1.67. The number of anilines is 2. The van der Waals surface area contributed by atoms with Crippen molar-refractivity contribution in [3.05, 3.63) is 54.6 Å². The number of thioether (sulfide) groups is 1. The van der Waals surface area contributed by atoms with Crippen molar-refractivity contribution < 1.29 is 9.53 Å². The van der Waals surface area contributed by atoms with Gasteiger partial charge in [-0.25, -0.2) is 0 Å². The third kappa shape index (κ3) is 6.16. The maximum atomic E-state index is 12.6. The summed E-state index contributed by atoms with van der Waals surface area (Å²) in [5, 5.41) is 12.4. The molecule has 0 atom stereocenters. The van der Waals surface area contributed by atoms with Gasteiger partial charge >= 0.3 is 0 Å². The summed E-state index contributed by atoms with van der Waals surface area (Å²) in [5.74, 6) is 0.952. The first-order valence-electron chi connectivity index (χ1n) is 11.7. The summed E-state index contributed by atoms with van der Waals surface area (Å²) in [6.45, 7) is 8.71. The van der Waals surface area contributed by atoms with E-state index in [1.807, 2.05) is 47.0 Å². The van der Waals surface area contributed by atoms with Crippen molar-refractivity contribution >= 4 is 29.0 Å². The van der Waals surface area contributed by atoms with Crippen LogP contribution < -0.4 is 10.2 Å². The van der Waals surface area contributed by atoms with Crippen LogP contribution in [0.1, 0.15) is 6.92 Å². The van der Waals surface area contributed by atoms with E-state index in [1.165, 1.54) is 17.4 Å². The molecule has 34 heavy (non-hydrogen) atoms. The van der Waals surface area contributed by atoms with Gasteiger partial charge in [0.1, 0.15) is 0 Å². The zero-order valence-corrected chi connectivity index (χ0v) is 20.6. The van der Waals surface area contributed by atoms with Crippen LogP contribution in [0.4, 0.5) is 11.4 Å². The number of aromatic nitrogens is 3. The predicted octanol–water partition coefficient (Wildman–Crippen LogP) is 3.46. The first-order chi connectivity index (χ1) is 16.7. The molecule has 9 heteroatoms. The standard InChI is InChI=1S/C25H32N6O2S/c1-3-29-13-15-30(16-14-29)22-11-9-21(10-12-22)26-23(32)19-34-25-28-27-24(31(25)17-18-33-2)20-7-5-4-6-8-20/h4-12H,3,13-19H2,1-2H3,(H,26,32). The number of nitrogens with one attached hydrogen (secondary N) is 1. The third-order valence-corrected chi connectivity index (χ3v) is 6.90. The molecule has 1 aromatic heterocycles. The Labute approximate surface area is 205 Å². The zero-order chi connectivity index (χ0) is 23.8. The van der Waals surface area contributed by atoms with E-state index in [9.17, 15) is 4.79 Å². The summed E-state index contributed by atoms with van der Waals surface area (Å²) >= 11 is 1.38. The number of rotatable bonds is 10. The van der Waals surface area contributed by atoms with Crippen LogP contribution in [0, 0.1) is 0 Å². The molecule has 0 spiro atoms. The van der Waals surface area contributed by atoms with Crippen molar-refractivity contribution in [2.75, 3.05) is 62.4 Å². The molecule has 1 aliphatic heterocycles. The van der Waals surface area contributed by atoms with Gasteiger partial charge in [-0.05, 0) is 30.8 Å². The Balaban J connectivity index is 1.34. The van der Waals surface area contributed by atoms with Gasteiger partial charge in [-0.2, -0.15) is 0 Å². The van der Waals surface area contributed by atoms with E-state index >= 15 is 0 Å². The molecule has 0 unspecified atom stereocenters. The van der Waals surface area contributed by atoms with Crippen LogP contribution in [0.2, 0.25) is 0 Å². The van der Waals surface area contributed by atoms with Crippen LogP contribution in [-0.2, 0) is 16.1 Å². The molecule has 0 bridgehead atoms. The fourth-order valence-electron chi connectivity index (χ4n) is 3.99. The molecule has 1 N–H and O–H groups in total. The van der Waals surface area contributed by atoms with Crippen molar-refractivity contribution in [3.63, 3.8) is 0 Å². The Bertz CT molecular complexity index is 1050. The van der Waals surface area contributed by atoms with Crippen molar-refractivity contribution in [2.24, 2.45) is 0 Å². The molecule has 0 aliphatic carbocycles. The van der Waals surface area contributed by atoms with Gasteiger partial charge in [-0.3, -0.25) is 9.36 Å². The van der Waals surface area contributed by atoms with E-state index in [0.29, 0.717) is 18.3 Å². The maximum absolute atomic E-state index is 12.6. The maximum Gasteiger partial charge on any atom is 0.234 e. The summed E-state index contributed by atoms with van der Waals surface area (Å²) in [4.78, 5) is 17.5. The van der Waals surface area contributed by atoms with Crippen molar-refractivity contribution in [2.45, 2.75) is 18.6 Å². The lowest BCUT2D eigenvalue weighted by molar-refractivity contribution is -0.113. The summed E-state index contributed by atoms with van der Waals surface area (Å²) in [5.41, 5.74) is 2.98. The molecule has 4 rings (SSSR count). The zero-order valence-electron chi connectivity index (χ0n) is 19.8. The molecule has 1 amide bonds. The molecule has 0 saturated carbocycles. The molecule has 8 nitrogen and oxygen atoms in total. The van der Waals surface area contributed by atoms with Gasteiger partial charge in [0.15, 0.2) is 11.0 Å². The first-order valence-corrected chi connectivity index (χ1v) is 12.6. The lowest BCUT2D eigenvalue weighted by atomic mass is 10.2. The molecule has 1 saturated heterocycles. The minimum absolute atomic E-state index is 0.0723. The topological polar surface area (TPSA) is 75.5 Å². The molecular weight excluding hydrogens is 448 g/mol. The molecule has 1 aliphatic rings. The molecule has 180 valence electrons. The van der Waals surface area contributed by atoms with Gasteiger partial charge < -0.3 is 19.9 Å². The number of methoxy groups -OCH3 is 1. The van der Waals surface area contributed by atoms with Crippen LogP contribution in [-0.4, -0.2) is 77.8 Å². The lowest BCUT2D eigenvalue weighted by Crippen LogP contribution is -2.46. The highest BCUT2D eigenvalue weighted by molar-refractivity contribution is 7.99. The predicted molar refractivity (Wildman–Crippen MR) is 137 cm³/mol. The molecule has 2 aromatic carbocycles. The summed E-state index contributed by atoms with van der Waals surface area (Å²) in [6.07, 6.45) is 0. The highest BCUT2D eigenvalue weighted by atomic mass is 32.2. The number of carbonyl (C=O) groups is 1. The molecular formula is C25H32N6O2S. The number of carbonyl (C=O) groups excluding carboxylic acids is 1. The SMILES string of the molecule is CCN1CCN(c2ccc(NC(=O)CSc3nnc(-c4ccccc4)n3CCOC)cc2)CC1. The van der Waals surface area contributed by atoms with Crippen LogP contribution in [0.15, 0.2) is 59.8 Å². The van der Waals surface area contributed by atoms with E-state index in [-0.39, 0.29) is 11.7 Å². The van der Waals surface area contributed by atoms with E-state index < -0.39 is 0 Å². The Morgan fingerprint density at radius 2 is 1.76 bits per heavy atom. The Morgan fingerprint density at radius 3 is 2.44 bits per heavy atom. The smallest absolute Gasteiger partial charge is 0.234 e. The van der Waals surface area contributed by atoms with Crippen LogP contribution >= 0.6 is 11.8 Å². The first kappa shape index (κ1) is 24.3. The normalized spacial score (nSPS) is 14.4. The number of hydrogen-bond donors (Lipinski definition) is 1. The highest BCUT2D eigenvalue weighted by Crippen LogP contribution is 2.24. The number of likely N-dealkylation sites (N-methyl/N-ethyl adjacent to an activating group) is 1. The van der Waals surface area contributed by atoms with Gasteiger partial charge in [-0.15, -0.1) is 10.2 Å². The van der Waals surface area contributed by atoms with Gasteiger partial charge in [0.2, 0.25) is 5.91 Å². The number of nitrogens with zero attached hydrogens (tertiary/aromatic N) is 5. The van der Waals surface area contributed by atoms with E-state index in [2.05, 4.69) is 44.4 Å². The quantitative estimate of drug-likeness (QED) is 0.446. The van der Waals surface area contributed by atoms with Crippen molar-refractivity contribution in [1.29, 1.82) is 0 Å². The highest BCUT2D eigenvalue weighted by Gasteiger charge is 2.17. The minimum Gasteiger partial charge on any atom is -0.383 e. The Hall–Kier alpha value is -2.88. The molecule has 3 aromatic rings. The second-order valence-electron chi connectivity index (χ2n) is 8.12. The average molecular weight is 481 g/mol. The van der Waals surface area contributed by atoms with E-state index in [0.717, 1.165) is 49.8 Å². The van der Waals surface area contributed by atoms with Gasteiger partial charge in [0.25, 0.3) is 0 Å². The number of ether oxygens (including phenoxy) is 1. The van der Waals surface area contributed by atoms with Gasteiger partial charge in [0.05, 0.1) is 18.9 Å². The molecule has 0 radical (unpaired) electrons. The van der Waals surface area contributed by atoms with Crippen LogP contribution in [0.25, 0.3) is 11.4 Å². The van der Waals surface area contributed by atoms with Crippen LogP contribution in [0.3, 0.4) is 0 Å². The molecule has 1 fully saturated rings. The second-order valence-corrected chi connectivity index (χ2v) is 9.06. The van der Waals surface area contributed by atoms with Crippen molar-refractivity contribution in [3.8, 4) is 11.4 Å². The fourth-order valence-corrected chi connectivity index (χ4v) is 4.75. The van der Waals surface area contributed by atoms with E-state index in [1.54, 1.807) is 7.11 Å². The lowest BCUT2D eigenvalue weighted by Gasteiger charge is -2.35. The number of amides is 1. The number of benzene rings is 2. The van der Waals surface area contributed by atoms with Crippen LogP contribution in [0.5, 0.6) is 0 Å². The summed E-state index contributed by atoms with van der Waals surface area (Å²) in [6, 6.07) is 18.0. The third-order valence-electron chi connectivity index (χ3n) is 5.94. The second kappa shape index (κ2) is 12.0. The average Bonchev–Trinajstić information content (AvgIpc) is 3.30. The van der Waals surface area contributed by atoms with Gasteiger partial charge in [0, 0.05) is 50.2 Å². The molecule has 2 heterocycles. The fraction of sp³-hybridized carbons (Fsp3) is 0.400. The minimum atomic E-state index is -0.0723. The largest absolute Gasteiger partial charge is 0.383 e. The van der Waals surface area contributed by atoms with Crippen molar-refractivity contribution in [1.82, 2.24) is 19.7 Å². The summed E-state index contributed by atoms with van der Waals surface area (Å²) < 4.78 is 7.26.